The molecule has 25 heavy (non-hydrogen) atoms. The van der Waals surface area contributed by atoms with E-state index in [1.54, 1.807) is 26.4 Å². The zero-order valence-corrected chi connectivity index (χ0v) is 14.1. The van der Waals surface area contributed by atoms with E-state index >= 15 is 0 Å². The van der Waals surface area contributed by atoms with E-state index in [1.807, 2.05) is 48.5 Å². The zero-order chi connectivity index (χ0) is 17.6. The fraction of sp³-hybridized carbons (Fsp3) is 0.150. The number of rotatable bonds is 6. The molecule has 5 heteroatoms. The highest BCUT2D eigenvalue weighted by Gasteiger charge is 2.06. The molecular weight excluding hydrogens is 318 g/mol. The molecule has 0 saturated carbocycles. The molecule has 3 rings (SSSR count). The van der Waals surface area contributed by atoms with Gasteiger partial charge in [0.15, 0.2) is 6.61 Å². The van der Waals surface area contributed by atoms with Crippen molar-refractivity contribution in [1.29, 1.82) is 0 Å². The zero-order valence-electron chi connectivity index (χ0n) is 14.1. The van der Waals surface area contributed by atoms with Gasteiger partial charge in [-0.05, 0) is 47.2 Å². The van der Waals surface area contributed by atoms with Crippen LogP contribution in [0.2, 0.25) is 0 Å². The van der Waals surface area contributed by atoms with Gasteiger partial charge in [0.2, 0.25) is 0 Å². The number of methoxy groups -OCH3 is 2. The lowest BCUT2D eigenvalue weighted by molar-refractivity contribution is -0.118. The Labute approximate surface area is 146 Å². The van der Waals surface area contributed by atoms with E-state index in [-0.39, 0.29) is 12.5 Å². The minimum Gasteiger partial charge on any atom is -0.497 e. The van der Waals surface area contributed by atoms with Crippen LogP contribution in [0, 0.1) is 0 Å². The number of carbonyl (C=O) groups is 1. The summed E-state index contributed by atoms with van der Waals surface area (Å²) < 4.78 is 16.0. The number of nitrogens with one attached hydrogen (secondary N) is 1. The van der Waals surface area contributed by atoms with E-state index < -0.39 is 0 Å². The van der Waals surface area contributed by atoms with Crippen molar-refractivity contribution in [2.45, 2.75) is 0 Å². The molecule has 0 fully saturated rings. The van der Waals surface area contributed by atoms with Crippen LogP contribution in [0.25, 0.3) is 10.8 Å². The first-order valence-electron chi connectivity index (χ1n) is 7.82. The van der Waals surface area contributed by atoms with E-state index in [1.165, 1.54) is 0 Å². The first kappa shape index (κ1) is 16.6. The lowest BCUT2D eigenvalue weighted by atomic mass is 10.1. The Balaban J connectivity index is 1.64. The number of carbonyl (C=O) groups excluding carboxylic acids is 1. The molecule has 1 amide bonds. The lowest BCUT2D eigenvalue weighted by Crippen LogP contribution is -2.20. The third kappa shape index (κ3) is 4.20. The van der Waals surface area contributed by atoms with E-state index in [4.69, 9.17) is 14.2 Å². The van der Waals surface area contributed by atoms with Gasteiger partial charge in [-0.2, -0.15) is 0 Å². The average molecular weight is 337 g/mol. The van der Waals surface area contributed by atoms with Crippen LogP contribution < -0.4 is 19.5 Å². The molecule has 0 unspecified atom stereocenters. The molecular formula is C20H19NO4. The van der Waals surface area contributed by atoms with Gasteiger partial charge in [0.05, 0.1) is 14.2 Å². The monoisotopic (exact) mass is 337 g/mol. The van der Waals surface area contributed by atoms with Crippen LogP contribution in [0.5, 0.6) is 17.2 Å². The molecule has 1 N–H and O–H groups in total. The molecule has 0 saturated heterocycles. The van der Waals surface area contributed by atoms with Gasteiger partial charge < -0.3 is 19.5 Å². The minimum absolute atomic E-state index is 0.0767. The van der Waals surface area contributed by atoms with Crippen molar-refractivity contribution >= 4 is 22.4 Å². The first-order valence-corrected chi connectivity index (χ1v) is 7.82. The van der Waals surface area contributed by atoms with Gasteiger partial charge in [-0.25, -0.2) is 0 Å². The van der Waals surface area contributed by atoms with Crippen molar-refractivity contribution in [1.82, 2.24) is 0 Å². The maximum absolute atomic E-state index is 12.1. The number of hydrogen-bond donors (Lipinski definition) is 1. The van der Waals surface area contributed by atoms with Gasteiger partial charge in [-0.1, -0.05) is 18.2 Å². The molecule has 0 atom stereocenters. The van der Waals surface area contributed by atoms with Crippen molar-refractivity contribution in [2.24, 2.45) is 0 Å². The van der Waals surface area contributed by atoms with Crippen molar-refractivity contribution in [3.8, 4) is 17.2 Å². The minimum atomic E-state index is -0.237. The maximum Gasteiger partial charge on any atom is 0.262 e. The van der Waals surface area contributed by atoms with Gasteiger partial charge in [0.1, 0.15) is 17.2 Å². The molecule has 3 aromatic carbocycles. The summed E-state index contributed by atoms with van der Waals surface area (Å²) in [6, 6.07) is 18.7. The normalized spacial score (nSPS) is 10.3. The molecule has 0 radical (unpaired) electrons. The number of hydrogen-bond acceptors (Lipinski definition) is 4. The van der Waals surface area contributed by atoms with Crippen LogP contribution in [-0.2, 0) is 4.79 Å². The van der Waals surface area contributed by atoms with Crippen molar-refractivity contribution < 1.29 is 19.0 Å². The third-order valence-electron chi connectivity index (χ3n) is 3.74. The lowest BCUT2D eigenvalue weighted by Gasteiger charge is -2.09. The van der Waals surface area contributed by atoms with Crippen LogP contribution in [0.4, 0.5) is 5.69 Å². The molecule has 0 spiro atoms. The summed E-state index contributed by atoms with van der Waals surface area (Å²) in [6.45, 7) is -0.0767. The summed E-state index contributed by atoms with van der Waals surface area (Å²) in [7, 11) is 3.21. The van der Waals surface area contributed by atoms with Gasteiger partial charge >= 0.3 is 0 Å². The first-order chi connectivity index (χ1) is 12.2. The van der Waals surface area contributed by atoms with Crippen LogP contribution in [0.1, 0.15) is 0 Å². The van der Waals surface area contributed by atoms with Gasteiger partial charge in [-0.3, -0.25) is 4.79 Å². The van der Waals surface area contributed by atoms with Crippen molar-refractivity contribution in [2.75, 3.05) is 26.1 Å². The summed E-state index contributed by atoms with van der Waals surface area (Å²) >= 11 is 0. The smallest absolute Gasteiger partial charge is 0.262 e. The number of benzene rings is 3. The van der Waals surface area contributed by atoms with Crippen LogP contribution in [-0.4, -0.2) is 26.7 Å². The highest BCUT2D eigenvalue weighted by Crippen LogP contribution is 2.25. The molecule has 3 aromatic rings. The Morgan fingerprint density at radius 3 is 2.28 bits per heavy atom. The SMILES string of the molecule is COc1cccc(NC(=O)COc2ccc3ccc(OC)cc3c2)c1. The fourth-order valence-electron chi connectivity index (χ4n) is 2.47. The Morgan fingerprint density at radius 1 is 0.840 bits per heavy atom. The fourth-order valence-corrected chi connectivity index (χ4v) is 2.47. The van der Waals surface area contributed by atoms with Gasteiger partial charge in [-0.15, -0.1) is 0 Å². The number of fused-ring (bicyclic) bond motifs is 1. The van der Waals surface area contributed by atoms with E-state index in [0.717, 1.165) is 16.5 Å². The van der Waals surface area contributed by atoms with Crippen molar-refractivity contribution in [3.63, 3.8) is 0 Å². The predicted molar refractivity (Wildman–Crippen MR) is 97.6 cm³/mol. The Bertz CT molecular complexity index is 892. The highest BCUT2D eigenvalue weighted by molar-refractivity contribution is 5.92. The van der Waals surface area contributed by atoms with E-state index in [2.05, 4.69) is 5.32 Å². The quantitative estimate of drug-likeness (QED) is 0.742. The van der Waals surface area contributed by atoms with Gasteiger partial charge in [0, 0.05) is 11.8 Å². The summed E-state index contributed by atoms with van der Waals surface area (Å²) in [5, 5.41) is 4.85. The largest absolute Gasteiger partial charge is 0.497 e. The van der Waals surface area contributed by atoms with Crippen LogP contribution in [0.15, 0.2) is 60.7 Å². The Kier molecular flexibility index (Phi) is 5.04. The summed E-state index contributed by atoms with van der Waals surface area (Å²) in [5.74, 6) is 1.85. The molecule has 5 nitrogen and oxygen atoms in total. The molecule has 0 aromatic heterocycles. The second-order valence-electron chi connectivity index (χ2n) is 5.44. The summed E-state index contributed by atoms with van der Waals surface area (Å²) in [5.41, 5.74) is 0.663. The topological polar surface area (TPSA) is 56.8 Å². The number of anilines is 1. The standard InChI is InChI=1S/C20H19NO4/c1-23-17-5-3-4-16(12-17)21-20(22)13-25-19-9-7-14-6-8-18(24-2)10-15(14)11-19/h3-12H,13H2,1-2H3,(H,21,22). The van der Waals surface area contributed by atoms with E-state index in [9.17, 15) is 4.79 Å². The third-order valence-corrected chi connectivity index (χ3v) is 3.74. The second kappa shape index (κ2) is 7.57. The molecule has 0 aliphatic carbocycles. The predicted octanol–water partition coefficient (Wildman–Crippen LogP) is 3.87. The molecule has 0 aliphatic heterocycles. The Hall–Kier alpha value is -3.21. The average Bonchev–Trinajstić information content (AvgIpc) is 2.65. The second-order valence-corrected chi connectivity index (χ2v) is 5.44. The highest BCUT2D eigenvalue weighted by atomic mass is 16.5. The molecule has 0 bridgehead atoms. The van der Waals surface area contributed by atoms with E-state index in [0.29, 0.717) is 17.2 Å². The van der Waals surface area contributed by atoms with Crippen LogP contribution in [0.3, 0.4) is 0 Å². The maximum atomic E-state index is 12.1. The van der Waals surface area contributed by atoms with Gasteiger partial charge in [0.25, 0.3) is 5.91 Å². The molecule has 0 aliphatic rings. The van der Waals surface area contributed by atoms with Crippen LogP contribution >= 0.6 is 0 Å². The molecule has 128 valence electrons. The Morgan fingerprint density at radius 2 is 1.52 bits per heavy atom. The summed E-state index contributed by atoms with van der Waals surface area (Å²) in [6.07, 6.45) is 0. The number of ether oxygens (including phenoxy) is 3. The molecule has 0 heterocycles. The number of amides is 1. The van der Waals surface area contributed by atoms with Crippen molar-refractivity contribution in [3.05, 3.63) is 60.7 Å². The summed E-state index contributed by atoms with van der Waals surface area (Å²) in [4.78, 5) is 12.1.